The van der Waals surface area contributed by atoms with Gasteiger partial charge in [0.05, 0.1) is 5.69 Å². The molecule has 0 spiro atoms. The highest BCUT2D eigenvalue weighted by Gasteiger charge is 2.26. The molecule has 1 fully saturated rings. The molecule has 1 saturated carbocycles. The maximum absolute atomic E-state index is 12.6. The third-order valence-corrected chi connectivity index (χ3v) is 5.30. The van der Waals surface area contributed by atoms with Gasteiger partial charge >= 0.3 is 0 Å². The minimum absolute atomic E-state index is 0.203. The van der Waals surface area contributed by atoms with E-state index in [-0.39, 0.29) is 11.8 Å². The van der Waals surface area contributed by atoms with E-state index in [4.69, 9.17) is 0 Å². The number of rotatable bonds is 5. The zero-order valence-corrected chi connectivity index (χ0v) is 15.7. The fourth-order valence-electron chi connectivity index (χ4n) is 2.76. The number of hydrogen-bond acceptors (Lipinski definition) is 4. The van der Waals surface area contributed by atoms with Gasteiger partial charge < -0.3 is 5.32 Å². The number of thiazole rings is 1. The highest BCUT2D eigenvalue weighted by Crippen LogP contribution is 2.40. The van der Waals surface area contributed by atoms with Crippen molar-refractivity contribution < 1.29 is 9.59 Å². The van der Waals surface area contributed by atoms with Crippen LogP contribution in [0.2, 0.25) is 0 Å². The lowest BCUT2D eigenvalue weighted by molar-refractivity contribution is 0.101. The van der Waals surface area contributed by atoms with Gasteiger partial charge in [-0.05, 0) is 49.6 Å². The molecule has 0 saturated heterocycles. The van der Waals surface area contributed by atoms with Crippen molar-refractivity contribution in [3.05, 3.63) is 76.3 Å². The Morgan fingerprint density at radius 2 is 1.74 bits per heavy atom. The zero-order chi connectivity index (χ0) is 18.8. The molecule has 2 aromatic carbocycles. The summed E-state index contributed by atoms with van der Waals surface area (Å²) >= 11 is 1.44. The molecule has 0 radical (unpaired) electrons. The number of aromatic nitrogens is 1. The Morgan fingerprint density at radius 1 is 1.00 bits per heavy atom. The van der Waals surface area contributed by atoms with E-state index in [1.165, 1.54) is 24.2 Å². The normalized spacial score (nSPS) is 13.2. The molecule has 1 aliphatic carbocycles. The molecule has 0 atom stereocenters. The molecule has 1 aromatic heterocycles. The monoisotopic (exact) mass is 377 g/mol. The highest BCUT2D eigenvalue weighted by molar-refractivity contribution is 7.14. The molecular weight excluding hydrogens is 358 g/mol. The van der Waals surface area contributed by atoms with Crippen molar-refractivity contribution in [3.63, 3.8) is 0 Å². The van der Waals surface area contributed by atoms with Crippen molar-refractivity contribution in [2.75, 3.05) is 10.6 Å². The van der Waals surface area contributed by atoms with E-state index in [2.05, 4.69) is 15.6 Å². The van der Waals surface area contributed by atoms with E-state index in [0.717, 1.165) is 11.3 Å². The van der Waals surface area contributed by atoms with Crippen LogP contribution >= 0.6 is 11.3 Å². The Bertz CT molecular complexity index is 994. The van der Waals surface area contributed by atoms with E-state index in [9.17, 15) is 9.59 Å². The van der Waals surface area contributed by atoms with Gasteiger partial charge in [0.1, 0.15) is 0 Å². The van der Waals surface area contributed by atoms with Crippen LogP contribution in [0.4, 0.5) is 10.8 Å². The molecule has 27 heavy (non-hydrogen) atoms. The fraction of sp³-hybridized carbons (Fsp3) is 0.190. The van der Waals surface area contributed by atoms with Gasteiger partial charge in [-0.3, -0.25) is 14.9 Å². The van der Waals surface area contributed by atoms with Crippen LogP contribution in [0.25, 0.3) is 0 Å². The Kier molecular flexibility index (Phi) is 4.73. The number of carbonyl (C=O) groups is 2. The molecule has 4 rings (SSSR count). The first-order valence-electron chi connectivity index (χ1n) is 8.84. The molecule has 1 aliphatic rings. The minimum atomic E-state index is -0.234. The topological polar surface area (TPSA) is 71.1 Å². The van der Waals surface area contributed by atoms with Crippen LogP contribution in [0.3, 0.4) is 0 Å². The van der Waals surface area contributed by atoms with Crippen molar-refractivity contribution in [1.29, 1.82) is 0 Å². The molecule has 2 amide bonds. The van der Waals surface area contributed by atoms with E-state index < -0.39 is 0 Å². The second kappa shape index (κ2) is 7.32. The highest BCUT2D eigenvalue weighted by atomic mass is 32.1. The van der Waals surface area contributed by atoms with E-state index >= 15 is 0 Å². The minimum Gasteiger partial charge on any atom is -0.322 e. The lowest BCUT2D eigenvalue weighted by Crippen LogP contribution is -2.15. The van der Waals surface area contributed by atoms with Gasteiger partial charge in [0.15, 0.2) is 5.13 Å². The molecule has 0 bridgehead atoms. The average Bonchev–Trinajstić information content (AvgIpc) is 3.43. The summed E-state index contributed by atoms with van der Waals surface area (Å²) < 4.78 is 0. The number of nitrogens with one attached hydrogen (secondary N) is 2. The summed E-state index contributed by atoms with van der Waals surface area (Å²) in [5.41, 5.74) is 3.62. The van der Waals surface area contributed by atoms with Gasteiger partial charge in [0.25, 0.3) is 11.8 Å². The smallest absolute Gasteiger partial charge is 0.257 e. The maximum Gasteiger partial charge on any atom is 0.257 e. The second-order valence-electron chi connectivity index (χ2n) is 6.66. The van der Waals surface area contributed by atoms with Crippen LogP contribution < -0.4 is 10.6 Å². The van der Waals surface area contributed by atoms with E-state index in [1.807, 2.05) is 36.6 Å². The number of benzene rings is 2. The SMILES string of the molecule is Cc1ccc(C(=O)Nc2nc(C3CC3)cs2)cc1NC(=O)c1ccccc1. The predicted molar refractivity (Wildman–Crippen MR) is 108 cm³/mol. The summed E-state index contributed by atoms with van der Waals surface area (Å²) in [5.74, 6) is 0.123. The van der Waals surface area contributed by atoms with Crippen LogP contribution in [0, 0.1) is 6.92 Å². The maximum atomic E-state index is 12.6. The first-order valence-corrected chi connectivity index (χ1v) is 9.72. The van der Waals surface area contributed by atoms with Gasteiger partial charge in [-0.25, -0.2) is 4.98 Å². The number of nitrogens with zero attached hydrogens (tertiary/aromatic N) is 1. The van der Waals surface area contributed by atoms with Gasteiger partial charge in [-0.15, -0.1) is 11.3 Å². The van der Waals surface area contributed by atoms with Crippen LogP contribution in [0.5, 0.6) is 0 Å². The first-order chi connectivity index (χ1) is 13.1. The van der Waals surface area contributed by atoms with Crippen LogP contribution in [0.15, 0.2) is 53.9 Å². The summed E-state index contributed by atoms with van der Waals surface area (Å²) in [7, 11) is 0. The number of aryl methyl sites for hydroxylation is 1. The third kappa shape index (κ3) is 4.06. The molecule has 5 nitrogen and oxygen atoms in total. The van der Waals surface area contributed by atoms with Crippen molar-refractivity contribution in [2.45, 2.75) is 25.7 Å². The Balaban J connectivity index is 1.48. The lowest BCUT2D eigenvalue weighted by atomic mass is 10.1. The van der Waals surface area contributed by atoms with Gasteiger partial charge in [-0.1, -0.05) is 24.3 Å². The van der Waals surface area contributed by atoms with E-state index in [1.54, 1.807) is 24.3 Å². The first kappa shape index (κ1) is 17.4. The molecule has 0 aliphatic heterocycles. The van der Waals surface area contributed by atoms with Crippen LogP contribution in [-0.2, 0) is 0 Å². The third-order valence-electron chi connectivity index (χ3n) is 4.52. The van der Waals surface area contributed by atoms with Crippen molar-refractivity contribution in [3.8, 4) is 0 Å². The zero-order valence-electron chi connectivity index (χ0n) is 14.9. The predicted octanol–water partition coefficient (Wildman–Crippen LogP) is 4.83. The number of hydrogen-bond donors (Lipinski definition) is 2. The molecular formula is C21H19N3O2S. The Labute approximate surface area is 161 Å². The summed E-state index contributed by atoms with van der Waals surface area (Å²) in [4.78, 5) is 29.4. The van der Waals surface area contributed by atoms with Crippen LogP contribution in [0.1, 0.15) is 50.7 Å². The quantitative estimate of drug-likeness (QED) is 0.669. The molecule has 0 unspecified atom stereocenters. The number of carbonyl (C=O) groups excluding carboxylic acids is 2. The van der Waals surface area contributed by atoms with Gasteiger partial charge in [-0.2, -0.15) is 0 Å². The molecule has 3 aromatic rings. The fourth-order valence-corrected chi connectivity index (χ4v) is 3.55. The number of amides is 2. The summed E-state index contributed by atoms with van der Waals surface area (Å²) in [6, 6.07) is 14.3. The second-order valence-corrected chi connectivity index (χ2v) is 7.51. The van der Waals surface area contributed by atoms with Crippen molar-refractivity contribution >= 4 is 34.0 Å². The van der Waals surface area contributed by atoms with E-state index in [0.29, 0.717) is 27.9 Å². The standard InChI is InChI=1S/C21H19N3O2S/c1-13-7-8-16(11-17(13)22-19(25)15-5-3-2-4-6-15)20(26)24-21-23-18(12-27-21)14-9-10-14/h2-8,11-12,14H,9-10H2,1H3,(H,22,25)(H,23,24,26). The summed E-state index contributed by atoms with van der Waals surface area (Å²) in [5, 5.41) is 8.35. The molecule has 2 N–H and O–H groups in total. The summed E-state index contributed by atoms with van der Waals surface area (Å²) in [6.45, 7) is 1.89. The Hall–Kier alpha value is -2.99. The largest absolute Gasteiger partial charge is 0.322 e. The lowest BCUT2D eigenvalue weighted by Gasteiger charge is -2.10. The van der Waals surface area contributed by atoms with Crippen LogP contribution in [-0.4, -0.2) is 16.8 Å². The molecule has 6 heteroatoms. The van der Waals surface area contributed by atoms with Gasteiger partial charge in [0, 0.05) is 28.1 Å². The van der Waals surface area contributed by atoms with Crippen molar-refractivity contribution in [1.82, 2.24) is 4.98 Å². The summed E-state index contributed by atoms with van der Waals surface area (Å²) in [6.07, 6.45) is 2.36. The average molecular weight is 377 g/mol. The van der Waals surface area contributed by atoms with Gasteiger partial charge in [0.2, 0.25) is 0 Å². The van der Waals surface area contributed by atoms with Crippen molar-refractivity contribution in [2.24, 2.45) is 0 Å². The Morgan fingerprint density at radius 3 is 2.48 bits per heavy atom. The molecule has 136 valence electrons. The number of anilines is 2. The molecule has 1 heterocycles.